The molecule has 1 unspecified atom stereocenters. The van der Waals surface area contributed by atoms with Crippen molar-refractivity contribution in [3.05, 3.63) is 144 Å². The number of aliphatic hydroxyl groups is 1. The van der Waals surface area contributed by atoms with Crippen molar-refractivity contribution < 1.29 is 28.8 Å². The van der Waals surface area contributed by atoms with Crippen LogP contribution in [0, 0.1) is 0 Å². The van der Waals surface area contributed by atoms with Gasteiger partial charge < -0.3 is 28.8 Å². The number of hydrogen-bond donors (Lipinski definition) is 1. The largest absolute Gasteiger partial charge is 0.385 e. The van der Waals surface area contributed by atoms with E-state index < -0.39 is 30.7 Å². The number of ether oxygens (including phenoxy) is 5. The minimum atomic E-state index is -1.07. The molecule has 0 spiro atoms. The molecule has 0 saturated carbocycles. The van der Waals surface area contributed by atoms with Gasteiger partial charge in [0.25, 0.3) is 0 Å². The van der Waals surface area contributed by atoms with Crippen LogP contribution in [0.3, 0.4) is 0 Å². The molecule has 1 aliphatic rings. The predicted octanol–water partition coefficient (Wildman–Crippen LogP) is 5.68. The first-order valence-electron chi connectivity index (χ1n) is 13.7. The summed E-state index contributed by atoms with van der Waals surface area (Å²) >= 11 is 0. The van der Waals surface area contributed by atoms with Crippen LogP contribution >= 0.6 is 0 Å². The molecule has 0 amide bonds. The maximum absolute atomic E-state index is 11.5. The number of benzene rings is 4. The molecule has 1 saturated heterocycles. The van der Waals surface area contributed by atoms with Crippen LogP contribution in [0.15, 0.2) is 121 Å². The summed E-state index contributed by atoms with van der Waals surface area (Å²) in [7, 11) is 0. The minimum absolute atomic E-state index is 0.247. The van der Waals surface area contributed by atoms with Gasteiger partial charge in [-0.25, -0.2) is 0 Å². The fourth-order valence-corrected chi connectivity index (χ4v) is 4.71. The molecule has 6 nitrogen and oxygen atoms in total. The summed E-state index contributed by atoms with van der Waals surface area (Å²) in [5.74, 6) is 0. The van der Waals surface area contributed by atoms with Crippen LogP contribution in [0.25, 0.3) is 0 Å². The summed E-state index contributed by atoms with van der Waals surface area (Å²) in [6, 6.07) is 39.6. The molecule has 5 atom stereocenters. The highest BCUT2D eigenvalue weighted by Crippen LogP contribution is 2.29. The van der Waals surface area contributed by atoms with E-state index in [0.29, 0.717) is 26.4 Å². The van der Waals surface area contributed by atoms with Crippen molar-refractivity contribution in [1.82, 2.24) is 0 Å². The Balaban J connectivity index is 1.34. The van der Waals surface area contributed by atoms with Gasteiger partial charge in [-0.15, -0.1) is 0 Å². The van der Waals surface area contributed by atoms with Crippen molar-refractivity contribution in [2.24, 2.45) is 0 Å². The molecule has 0 aromatic heterocycles. The van der Waals surface area contributed by atoms with Crippen LogP contribution in [0.5, 0.6) is 0 Å². The first-order chi connectivity index (χ1) is 19.8. The van der Waals surface area contributed by atoms with Gasteiger partial charge in [-0.1, -0.05) is 121 Å². The Hall–Kier alpha value is -3.36. The minimum Gasteiger partial charge on any atom is -0.385 e. The monoisotopic (exact) mass is 540 g/mol. The third-order valence-electron chi connectivity index (χ3n) is 6.84. The Morgan fingerprint density at radius 3 is 1.38 bits per heavy atom. The third kappa shape index (κ3) is 8.08. The van der Waals surface area contributed by atoms with E-state index in [9.17, 15) is 5.11 Å². The fourth-order valence-electron chi connectivity index (χ4n) is 4.71. The summed E-state index contributed by atoms with van der Waals surface area (Å²) in [6.45, 7) is 1.63. The summed E-state index contributed by atoms with van der Waals surface area (Å²) < 4.78 is 31.3. The van der Waals surface area contributed by atoms with Crippen molar-refractivity contribution in [2.75, 3.05) is 6.61 Å². The maximum atomic E-state index is 11.5. The highest BCUT2D eigenvalue weighted by Gasteiger charge is 2.47. The highest BCUT2D eigenvalue weighted by atomic mass is 16.7. The Morgan fingerprint density at radius 1 is 0.500 bits per heavy atom. The Kier molecular flexibility index (Phi) is 10.5. The van der Waals surface area contributed by atoms with Gasteiger partial charge in [0.2, 0.25) is 0 Å². The SMILES string of the molecule is O[C@@H]1[C@H](OCc2ccccc2)OC(COCc2ccccc2)[C@H](OCc2ccccc2)[C@@H]1OCc1ccccc1. The van der Waals surface area contributed by atoms with Gasteiger partial charge in [0, 0.05) is 0 Å². The van der Waals surface area contributed by atoms with Crippen molar-refractivity contribution in [3.8, 4) is 0 Å². The van der Waals surface area contributed by atoms with Gasteiger partial charge in [0.1, 0.15) is 24.4 Å². The lowest BCUT2D eigenvalue weighted by Gasteiger charge is -2.44. The van der Waals surface area contributed by atoms with Gasteiger partial charge in [-0.2, -0.15) is 0 Å². The summed E-state index contributed by atoms with van der Waals surface area (Å²) in [6.07, 6.45) is -3.81. The second kappa shape index (κ2) is 14.9. The van der Waals surface area contributed by atoms with E-state index >= 15 is 0 Å². The van der Waals surface area contributed by atoms with Crippen molar-refractivity contribution in [1.29, 1.82) is 0 Å². The van der Waals surface area contributed by atoms with E-state index in [4.69, 9.17) is 23.7 Å². The lowest BCUT2D eigenvalue weighted by atomic mass is 9.98. The molecule has 0 bridgehead atoms. The zero-order valence-corrected chi connectivity index (χ0v) is 22.5. The maximum Gasteiger partial charge on any atom is 0.187 e. The van der Waals surface area contributed by atoms with Gasteiger partial charge >= 0.3 is 0 Å². The van der Waals surface area contributed by atoms with Crippen LogP contribution in [-0.4, -0.2) is 42.4 Å². The molecule has 4 aromatic rings. The summed E-state index contributed by atoms with van der Waals surface area (Å²) in [5.41, 5.74) is 4.07. The topological polar surface area (TPSA) is 66.4 Å². The lowest BCUT2D eigenvalue weighted by Crippen LogP contribution is -2.61. The van der Waals surface area contributed by atoms with E-state index in [-0.39, 0.29) is 6.61 Å². The van der Waals surface area contributed by atoms with E-state index in [1.807, 2.05) is 121 Å². The molecule has 0 aliphatic carbocycles. The van der Waals surface area contributed by atoms with E-state index in [1.54, 1.807) is 0 Å². The standard InChI is InChI=1S/C34H36O6/c35-31-33(38-23-28-17-9-3-10-18-28)32(37-22-27-15-7-2-8-16-27)30(25-36-21-26-13-5-1-6-14-26)40-34(31)39-24-29-19-11-4-12-20-29/h1-20,30-35H,21-25H2/t30?,31-,32-,33+,34+/m0/s1. The quantitative estimate of drug-likeness (QED) is 0.236. The number of rotatable bonds is 13. The molecular weight excluding hydrogens is 504 g/mol. The van der Waals surface area contributed by atoms with Crippen LogP contribution in [-0.2, 0) is 50.1 Å². The second-order valence-electron chi connectivity index (χ2n) is 9.85. The Labute approximate surface area is 236 Å². The summed E-state index contributed by atoms with van der Waals surface area (Å²) in [4.78, 5) is 0. The first-order valence-corrected chi connectivity index (χ1v) is 13.7. The molecule has 1 aliphatic heterocycles. The average molecular weight is 541 g/mol. The van der Waals surface area contributed by atoms with Crippen molar-refractivity contribution in [2.45, 2.75) is 57.1 Å². The Bertz CT molecular complexity index is 1200. The average Bonchev–Trinajstić information content (AvgIpc) is 3.01. The third-order valence-corrected chi connectivity index (χ3v) is 6.84. The first kappa shape index (κ1) is 28.2. The predicted molar refractivity (Wildman–Crippen MR) is 152 cm³/mol. The van der Waals surface area contributed by atoms with Crippen LogP contribution in [0.2, 0.25) is 0 Å². The smallest absolute Gasteiger partial charge is 0.187 e. The molecule has 0 radical (unpaired) electrons. The normalized spacial score (nSPS) is 22.7. The van der Waals surface area contributed by atoms with Crippen molar-refractivity contribution in [3.63, 3.8) is 0 Å². The second-order valence-corrected chi connectivity index (χ2v) is 9.85. The fraction of sp³-hybridized carbons (Fsp3) is 0.294. The summed E-state index contributed by atoms with van der Waals surface area (Å²) in [5, 5.41) is 11.5. The van der Waals surface area contributed by atoms with Crippen LogP contribution in [0.1, 0.15) is 22.3 Å². The van der Waals surface area contributed by atoms with Gasteiger partial charge in [0.05, 0.1) is 33.0 Å². The molecule has 4 aromatic carbocycles. The van der Waals surface area contributed by atoms with E-state index in [0.717, 1.165) is 22.3 Å². The van der Waals surface area contributed by atoms with Crippen molar-refractivity contribution >= 4 is 0 Å². The van der Waals surface area contributed by atoms with Gasteiger partial charge in [0.15, 0.2) is 6.29 Å². The number of hydrogen-bond acceptors (Lipinski definition) is 6. The highest BCUT2D eigenvalue weighted by molar-refractivity contribution is 5.16. The van der Waals surface area contributed by atoms with Gasteiger partial charge in [-0.05, 0) is 22.3 Å². The molecule has 1 heterocycles. The molecule has 6 heteroatoms. The molecule has 5 rings (SSSR count). The van der Waals surface area contributed by atoms with Gasteiger partial charge in [-0.3, -0.25) is 0 Å². The molecule has 1 fully saturated rings. The molecule has 1 N–H and O–H groups in total. The zero-order chi connectivity index (χ0) is 27.4. The Morgan fingerprint density at radius 2 is 0.900 bits per heavy atom. The molecule has 40 heavy (non-hydrogen) atoms. The molecular formula is C34H36O6. The lowest BCUT2D eigenvalue weighted by molar-refractivity contribution is -0.321. The van der Waals surface area contributed by atoms with E-state index in [1.165, 1.54) is 0 Å². The molecule has 208 valence electrons. The van der Waals surface area contributed by atoms with E-state index in [2.05, 4.69) is 0 Å². The number of aliphatic hydroxyl groups excluding tert-OH is 1. The van der Waals surface area contributed by atoms with Crippen LogP contribution < -0.4 is 0 Å². The zero-order valence-electron chi connectivity index (χ0n) is 22.5. The van der Waals surface area contributed by atoms with Crippen LogP contribution in [0.4, 0.5) is 0 Å².